The summed E-state index contributed by atoms with van der Waals surface area (Å²) >= 11 is 0. The zero-order chi connectivity index (χ0) is 29.7. The molecule has 1 aliphatic rings. The normalized spacial score (nSPS) is 21.0. The molecule has 218 valence electrons. The maximum Gasteiger partial charge on any atom is 0.416 e. The lowest BCUT2D eigenvalue weighted by molar-refractivity contribution is -0.143. The summed E-state index contributed by atoms with van der Waals surface area (Å²) in [6, 6.07) is -1.04. The Morgan fingerprint density at radius 1 is 1.05 bits per heavy atom. The molecule has 1 aromatic carbocycles. The maximum absolute atomic E-state index is 13.6. The van der Waals surface area contributed by atoms with Gasteiger partial charge in [-0.1, -0.05) is 13.8 Å². The van der Waals surface area contributed by atoms with E-state index >= 15 is 0 Å². The number of hydrogen-bond donors (Lipinski definition) is 1. The molecule has 1 saturated heterocycles. The highest BCUT2D eigenvalue weighted by atomic mass is 19.4. The second kappa shape index (κ2) is 12.7. The van der Waals surface area contributed by atoms with Gasteiger partial charge in [-0.25, -0.2) is 9.79 Å². The molecule has 1 fully saturated rings. The number of carbonyl (C=O) groups excluding carboxylic acids is 2. The molecular weight excluding hydrogens is 532 g/mol. The molecule has 0 spiro atoms. The van der Waals surface area contributed by atoms with Crippen LogP contribution in [0.1, 0.15) is 74.9 Å². The molecule has 0 bridgehead atoms. The number of piperidine rings is 1. The number of alkyl halides is 6. The second-order valence-corrected chi connectivity index (χ2v) is 9.42. The number of benzene rings is 1. The smallest absolute Gasteiger partial charge is 0.416 e. The molecule has 2 rings (SSSR count). The summed E-state index contributed by atoms with van der Waals surface area (Å²) in [4.78, 5) is 36.5. The summed E-state index contributed by atoms with van der Waals surface area (Å²) < 4.78 is 86.2. The molecule has 0 aromatic heterocycles. The third kappa shape index (κ3) is 7.85. The van der Waals surface area contributed by atoms with Gasteiger partial charge in [0.2, 0.25) is 5.96 Å². The number of nitrogens with two attached hydrogens (primary N) is 1. The fourth-order valence-electron chi connectivity index (χ4n) is 4.60. The van der Waals surface area contributed by atoms with Crippen LogP contribution in [-0.2, 0) is 17.1 Å². The van der Waals surface area contributed by atoms with Crippen molar-refractivity contribution in [3.8, 4) is 0 Å². The van der Waals surface area contributed by atoms with E-state index < -0.39 is 65.1 Å². The Morgan fingerprint density at radius 3 is 1.92 bits per heavy atom. The van der Waals surface area contributed by atoms with Crippen molar-refractivity contribution in [1.29, 1.82) is 0 Å². The van der Waals surface area contributed by atoms with Gasteiger partial charge in [-0.3, -0.25) is 14.7 Å². The highest BCUT2D eigenvalue weighted by Crippen LogP contribution is 2.37. The number of hydrogen-bond acceptors (Lipinski definition) is 4. The van der Waals surface area contributed by atoms with Gasteiger partial charge in [0, 0.05) is 30.7 Å². The zero-order valence-corrected chi connectivity index (χ0v) is 22.3. The minimum absolute atomic E-state index is 0.0542. The fraction of sp³-hybridized carbons (Fsp3) is 0.600. The summed E-state index contributed by atoms with van der Waals surface area (Å²) in [6.07, 6.45) is -9.05. The zero-order valence-electron chi connectivity index (χ0n) is 22.3. The molecule has 39 heavy (non-hydrogen) atoms. The molecule has 1 unspecified atom stereocenters. The molecule has 2 N–H and O–H groups in total. The number of halogens is 6. The lowest BCUT2D eigenvalue weighted by atomic mass is 9.87. The molecule has 8 nitrogen and oxygen atoms in total. The van der Waals surface area contributed by atoms with Crippen LogP contribution >= 0.6 is 0 Å². The molecular formula is C25H33F6N5O3. The minimum atomic E-state index is -5.14. The van der Waals surface area contributed by atoms with Crippen molar-refractivity contribution in [1.82, 2.24) is 9.80 Å². The third-order valence-corrected chi connectivity index (χ3v) is 6.34. The quantitative estimate of drug-likeness (QED) is 0.271. The van der Waals surface area contributed by atoms with Gasteiger partial charge in [0.05, 0.1) is 17.2 Å². The SMILES string of the molecule is CC[C@@H]1CC(N(C(=O)c2cc(C(F)(F)F)cc(C(F)(F)F)c2)C(N)=NC=NC)C[C@H](CC)N1C(=O)OC(C)C. The monoisotopic (exact) mass is 565 g/mol. The first kappa shape index (κ1) is 31.9. The van der Waals surface area contributed by atoms with Gasteiger partial charge in [-0.05, 0) is 57.7 Å². The molecule has 0 radical (unpaired) electrons. The number of guanidine groups is 1. The number of likely N-dealkylation sites (tertiary alicyclic amines) is 1. The fourth-order valence-corrected chi connectivity index (χ4v) is 4.60. The molecule has 0 aliphatic carbocycles. The third-order valence-electron chi connectivity index (χ3n) is 6.34. The van der Waals surface area contributed by atoms with E-state index in [9.17, 15) is 35.9 Å². The average molecular weight is 566 g/mol. The first-order valence-corrected chi connectivity index (χ1v) is 12.4. The van der Waals surface area contributed by atoms with Gasteiger partial charge in [0.1, 0.15) is 6.34 Å². The highest BCUT2D eigenvalue weighted by molar-refractivity contribution is 6.07. The van der Waals surface area contributed by atoms with Crippen molar-refractivity contribution in [2.24, 2.45) is 15.7 Å². The molecule has 1 aromatic rings. The average Bonchev–Trinajstić information content (AvgIpc) is 2.84. The van der Waals surface area contributed by atoms with E-state index in [1.165, 1.54) is 7.05 Å². The summed E-state index contributed by atoms with van der Waals surface area (Å²) in [5, 5.41) is 0. The van der Waals surface area contributed by atoms with Crippen LogP contribution in [-0.4, -0.2) is 65.4 Å². The van der Waals surface area contributed by atoms with Crippen LogP contribution in [0.25, 0.3) is 0 Å². The van der Waals surface area contributed by atoms with Gasteiger partial charge in [0.25, 0.3) is 5.91 Å². The Hall–Kier alpha value is -3.32. The number of ether oxygens (including phenoxy) is 1. The van der Waals surface area contributed by atoms with Gasteiger partial charge in [0.15, 0.2) is 0 Å². The van der Waals surface area contributed by atoms with E-state index in [1.54, 1.807) is 18.7 Å². The van der Waals surface area contributed by atoms with Crippen LogP contribution in [0.2, 0.25) is 0 Å². The predicted molar refractivity (Wildman–Crippen MR) is 133 cm³/mol. The van der Waals surface area contributed by atoms with Crippen LogP contribution in [0.4, 0.5) is 31.1 Å². The number of amides is 2. The molecule has 1 heterocycles. The van der Waals surface area contributed by atoms with E-state index in [4.69, 9.17) is 10.5 Å². The van der Waals surface area contributed by atoms with Crippen molar-refractivity contribution in [2.45, 2.75) is 90.0 Å². The van der Waals surface area contributed by atoms with Crippen molar-refractivity contribution in [3.05, 3.63) is 34.9 Å². The van der Waals surface area contributed by atoms with Crippen LogP contribution in [0.5, 0.6) is 0 Å². The van der Waals surface area contributed by atoms with Gasteiger partial charge in [-0.15, -0.1) is 0 Å². The van der Waals surface area contributed by atoms with Crippen molar-refractivity contribution >= 4 is 24.3 Å². The molecule has 1 aliphatic heterocycles. The first-order valence-electron chi connectivity index (χ1n) is 12.4. The van der Waals surface area contributed by atoms with E-state index in [2.05, 4.69) is 9.98 Å². The minimum Gasteiger partial charge on any atom is -0.447 e. The van der Waals surface area contributed by atoms with Crippen LogP contribution in [0.3, 0.4) is 0 Å². The summed E-state index contributed by atoms with van der Waals surface area (Å²) in [6.45, 7) is 7.02. The molecule has 2 amide bonds. The molecule has 0 saturated carbocycles. The maximum atomic E-state index is 13.6. The standard InChI is InChI=1S/C25H33F6N5O3/c1-6-18-11-20(12-19(7-2)35(18)23(38)39-14(3)4)36(22(32)34-13-33-5)21(37)15-8-16(24(26,27)28)10-17(9-15)25(29,30)31/h8-10,13-14,18-20H,6-7,11-12H2,1-5H3,(H2,32,33,34)/t18-,19+,20?. The topological polar surface area (TPSA) is 101 Å². The van der Waals surface area contributed by atoms with Crippen LogP contribution in [0.15, 0.2) is 28.2 Å². The lowest BCUT2D eigenvalue weighted by Crippen LogP contribution is -2.59. The van der Waals surface area contributed by atoms with Crippen molar-refractivity contribution < 1.29 is 40.7 Å². The first-order chi connectivity index (χ1) is 18.0. The predicted octanol–water partition coefficient (Wildman–Crippen LogP) is 5.71. The Kier molecular flexibility index (Phi) is 10.4. The number of carbonyl (C=O) groups is 2. The number of aliphatic imine (C=N–C) groups is 2. The molecule has 14 heteroatoms. The van der Waals surface area contributed by atoms with E-state index in [0.29, 0.717) is 25.0 Å². The Labute approximate surface area is 222 Å². The number of nitrogens with zero attached hydrogens (tertiary/aromatic N) is 4. The van der Waals surface area contributed by atoms with Crippen molar-refractivity contribution in [2.75, 3.05) is 7.05 Å². The summed E-state index contributed by atoms with van der Waals surface area (Å²) in [5.41, 5.74) is 1.96. The lowest BCUT2D eigenvalue weighted by Gasteiger charge is -2.47. The Balaban J connectivity index is 2.63. The Bertz CT molecular complexity index is 1040. The number of rotatable bonds is 6. The molecule has 3 atom stereocenters. The van der Waals surface area contributed by atoms with Gasteiger partial charge >= 0.3 is 18.4 Å². The van der Waals surface area contributed by atoms with E-state index in [-0.39, 0.29) is 25.0 Å². The second-order valence-electron chi connectivity index (χ2n) is 9.42. The van der Waals surface area contributed by atoms with E-state index in [0.717, 1.165) is 11.2 Å². The summed E-state index contributed by atoms with van der Waals surface area (Å²) in [5.74, 6) is -1.64. The van der Waals surface area contributed by atoms with E-state index in [1.807, 2.05) is 13.8 Å². The van der Waals surface area contributed by atoms with Crippen molar-refractivity contribution in [3.63, 3.8) is 0 Å². The largest absolute Gasteiger partial charge is 0.447 e. The van der Waals surface area contributed by atoms with Crippen LogP contribution in [0, 0.1) is 0 Å². The Morgan fingerprint density at radius 2 is 1.54 bits per heavy atom. The van der Waals surface area contributed by atoms with Gasteiger partial charge < -0.3 is 15.4 Å². The van der Waals surface area contributed by atoms with Gasteiger partial charge in [-0.2, -0.15) is 26.3 Å². The van der Waals surface area contributed by atoms with Crippen LogP contribution < -0.4 is 5.73 Å². The highest BCUT2D eigenvalue weighted by Gasteiger charge is 2.43. The summed E-state index contributed by atoms with van der Waals surface area (Å²) in [7, 11) is 1.37.